The molecule has 9 nitrogen and oxygen atoms in total. The highest BCUT2D eigenvalue weighted by Crippen LogP contribution is 2.24. The fourth-order valence-corrected chi connectivity index (χ4v) is 5.16. The highest BCUT2D eigenvalue weighted by atomic mass is 16.5. The topological polar surface area (TPSA) is 116 Å². The van der Waals surface area contributed by atoms with E-state index in [0.29, 0.717) is 32.6 Å². The minimum Gasteiger partial charge on any atom is -0.465 e. The second-order valence-electron chi connectivity index (χ2n) is 14.4. The van der Waals surface area contributed by atoms with E-state index in [2.05, 4.69) is 24.4 Å². The SMILES string of the molecule is CCCCCCCCC=CCCCCCCCC(=O)N1CCN(C(=O)CCNC(=O)C(O)C(C)(C)COC(=O)C(C)(C)C)CC1. The molecule has 1 fully saturated rings. The summed E-state index contributed by atoms with van der Waals surface area (Å²) in [4.78, 5) is 53.4. The summed E-state index contributed by atoms with van der Waals surface area (Å²) in [6, 6.07) is 0. The number of nitrogens with one attached hydrogen (secondary N) is 1. The van der Waals surface area contributed by atoms with Gasteiger partial charge in [-0.1, -0.05) is 84.3 Å². The molecule has 45 heavy (non-hydrogen) atoms. The molecular weight excluding hydrogens is 570 g/mol. The number of nitrogens with zero attached hydrogens (tertiary/aromatic N) is 2. The van der Waals surface area contributed by atoms with E-state index in [9.17, 15) is 24.3 Å². The monoisotopic (exact) mass is 635 g/mol. The van der Waals surface area contributed by atoms with Gasteiger partial charge in [-0.15, -0.1) is 0 Å². The summed E-state index contributed by atoms with van der Waals surface area (Å²) in [5, 5.41) is 13.1. The highest BCUT2D eigenvalue weighted by Gasteiger charge is 2.36. The number of hydrogen-bond acceptors (Lipinski definition) is 6. The summed E-state index contributed by atoms with van der Waals surface area (Å²) in [5.74, 6) is -0.936. The van der Waals surface area contributed by atoms with Gasteiger partial charge in [-0.3, -0.25) is 19.2 Å². The van der Waals surface area contributed by atoms with E-state index in [1.807, 2.05) is 4.90 Å². The van der Waals surface area contributed by atoms with Gasteiger partial charge in [-0.25, -0.2) is 0 Å². The fraction of sp³-hybridized carbons (Fsp3) is 0.833. The van der Waals surface area contributed by atoms with Crippen LogP contribution in [0.15, 0.2) is 12.2 Å². The number of esters is 1. The third-order valence-electron chi connectivity index (χ3n) is 8.45. The first kappa shape index (κ1) is 40.6. The van der Waals surface area contributed by atoms with Crippen molar-refractivity contribution in [2.45, 2.75) is 144 Å². The van der Waals surface area contributed by atoms with E-state index in [-0.39, 0.29) is 31.4 Å². The van der Waals surface area contributed by atoms with Gasteiger partial charge in [-0.05, 0) is 52.9 Å². The first-order valence-corrected chi connectivity index (χ1v) is 17.6. The van der Waals surface area contributed by atoms with E-state index in [4.69, 9.17) is 4.74 Å². The van der Waals surface area contributed by atoms with E-state index >= 15 is 0 Å². The van der Waals surface area contributed by atoms with E-state index in [0.717, 1.165) is 25.7 Å². The van der Waals surface area contributed by atoms with Gasteiger partial charge in [-0.2, -0.15) is 0 Å². The Morgan fingerprint density at radius 2 is 1.20 bits per heavy atom. The van der Waals surface area contributed by atoms with Crippen molar-refractivity contribution in [1.82, 2.24) is 15.1 Å². The van der Waals surface area contributed by atoms with Crippen LogP contribution in [0.25, 0.3) is 0 Å². The molecule has 1 atom stereocenters. The van der Waals surface area contributed by atoms with Crippen LogP contribution in [-0.4, -0.2) is 84.0 Å². The number of amides is 3. The molecule has 1 aliphatic rings. The third-order valence-corrected chi connectivity index (χ3v) is 8.45. The maximum atomic E-state index is 12.7. The fourth-order valence-electron chi connectivity index (χ4n) is 5.16. The second-order valence-corrected chi connectivity index (χ2v) is 14.4. The average molecular weight is 636 g/mol. The standard InChI is InChI=1S/C36H65N3O6/c1-7-8-9-10-11-12-13-14-15-16-17-18-19-20-21-22-30(40)38-25-27-39(28-26-38)31(41)23-24-37-33(43)32(42)36(5,6)29-45-34(44)35(2,3)4/h14-15,32,42H,7-13,16-29H2,1-6H3,(H,37,43). The number of ether oxygens (including phenoxy) is 1. The maximum Gasteiger partial charge on any atom is 0.311 e. The molecule has 1 unspecified atom stereocenters. The molecule has 260 valence electrons. The van der Waals surface area contributed by atoms with Crippen LogP contribution < -0.4 is 5.32 Å². The zero-order chi connectivity index (χ0) is 33.7. The molecule has 0 aromatic rings. The molecule has 0 aliphatic carbocycles. The zero-order valence-corrected chi connectivity index (χ0v) is 29.5. The minimum absolute atomic E-state index is 0.0903. The van der Waals surface area contributed by atoms with Crippen molar-refractivity contribution in [3.63, 3.8) is 0 Å². The van der Waals surface area contributed by atoms with Crippen LogP contribution in [0.1, 0.15) is 138 Å². The van der Waals surface area contributed by atoms with Gasteiger partial charge >= 0.3 is 5.97 Å². The lowest BCUT2D eigenvalue weighted by atomic mass is 9.86. The van der Waals surface area contributed by atoms with Gasteiger partial charge in [0.1, 0.15) is 6.10 Å². The Kier molecular flexibility index (Phi) is 20.0. The van der Waals surface area contributed by atoms with Crippen LogP contribution in [-0.2, 0) is 23.9 Å². The molecule has 1 aliphatic heterocycles. The van der Waals surface area contributed by atoms with Crippen molar-refractivity contribution in [2.75, 3.05) is 39.3 Å². The summed E-state index contributed by atoms with van der Waals surface area (Å²) in [6.45, 7) is 12.8. The predicted octanol–water partition coefficient (Wildman–Crippen LogP) is 6.18. The quantitative estimate of drug-likeness (QED) is 0.0834. The Morgan fingerprint density at radius 1 is 0.733 bits per heavy atom. The van der Waals surface area contributed by atoms with Crippen LogP contribution >= 0.6 is 0 Å². The molecule has 0 aromatic heterocycles. The van der Waals surface area contributed by atoms with Gasteiger partial charge in [0.2, 0.25) is 17.7 Å². The maximum absolute atomic E-state index is 12.7. The van der Waals surface area contributed by atoms with Crippen LogP contribution in [0, 0.1) is 10.8 Å². The van der Waals surface area contributed by atoms with Gasteiger partial charge in [0.05, 0.1) is 12.0 Å². The molecule has 1 saturated heterocycles. The molecule has 1 heterocycles. The number of aliphatic hydroxyl groups is 1. The Morgan fingerprint density at radius 3 is 1.71 bits per heavy atom. The normalized spacial score (nSPS) is 14.9. The number of allylic oxidation sites excluding steroid dienone is 2. The largest absolute Gasteiger partial charge is 0.465 e. The van der Waals surface area contributed by atoms with Crippen molar-refractivity contribution >= 4 is 23.7 Å². The number of carbonyl (C=O) groups is 4. The summed E-state index contributed by atoms with van der Waals surface area (Å²) in [5.41, 5.74) is -1.66. The Bertz CT molecular complexity index is 903. The minimum atomic E-state index is -1.39. The lowest BCUT2D eigenvalue weighted by molar-refractivity contribution is -0.161. The summed E-state index contributed by atoms with van der Waals surface area (Å²) in [6.07, 6.45) is 20.0. The van der Waals surface area contributed by atoms with Gasteiger partial charge in [0.15, 0.2) is 0 Å². The van der Waals surface area contributed by atoms with Crippen LogP contribution in [0.4, 0.5) is 0 Å². The van der Waals surface area contributed by atoms with E-state index < -0.39 is 28.8 Å². The van der Waals surface area contributed by atoms with E-state index in [1.165, 1.54) is 57.8 Å². The molecule has 0 aromatic carbocycles. The van der Waals surface area contributed by atoms with Crippen molar-refractivity contribution in [3.8, 4) is 0 Å². The zero-order valence-electron chi connectivity index (χ0n) is 29.5. The van der Waals surface area contributed by atoms with Crippen LogP contribution in [0.2, 0.25) is 0 Å². The predicted molar refractivity (Wildman–Crippen MR) is 180 cm³/mol. The summed E-state index contributed by atoms with van der Waals surface area (Å²) >= 11 is 0. The molecule has 0 saturated carbocycles. The molecule has 3 amide bonds. The molecule has 9 heteroatoms. The summed E-state index contributed by atoms with van der Waals surface area (Å²) < 4.78 is 5.29. The Balaban J connectivity index is 2.14. The molecule has 0 bridgehead atoms. The lowest BCUT2D eigenvalue weighted by Gasteiger charge is -2.35. The van der Waals surface area contributed by atoms with Crippen LogP contribution in [0.5, 0.6) is 0 Å². The van der Waals surface area contributed by atoms with Gasteiger partial charge < -0.3 is 25.0 Å². The average Bonchev–Trinajstić information content (AvgIpc) is 3.00. The van der Waals surface area contributed by atoms with Gasteiger partial charge in [0.25, 0.3) is 0 Å². The van der Waals surface area contributed by atoms with Crippen molar-refractivity contribution in [3.05, 3.63) is 12.2 Å². The number of piperazine rings is 1. The first-order valence-electron chi connectivity index (χ1n) is 17.6. The first-order chi connectivity index (χ1) is 21.3. The molecular formula is C36H65N3O6. The number of aliphatic hydroxyl groups excluding tert-OH is 1. The highest BCUT2D eigenvalue weighted by molar-refractivity contribution is 5.83. The van der Waals surface area contributed by atoms with Crippen molar-refractivity contribution < 1.29 is 29.0 Å². The number of unbranched alkanes of at least 4 members (excludes halogenated alkanes) is 11. The summed E-state index contributed by atoms with van der Waals surface area (Å²) in [7, 11) is 0. The van der Waals surface area contributed by atoms with Crippen LogP contribution in [0.3, 0.4) is 0 Å². The number of rotatable bonds is 22. The smallest absolute Gasteiger partial charge is 0.311 e. The number of hydrogen-bond donors (Lipinski definition) is 2. The van der Waals surface area contributed by atoms with Crippen molar-refractivity contribution in [1.29, 1.82) is 0 Å². The molecule has 0 radical (unpaired) electrons. The Hall–Kier alpha value is -2.42. The van der Waals surface area contributed by atoms with E-state index in [1.54, 1.807) is 39.5 Å². The van der Waals surface area contributed by atoms with Crippen molar-refractivity contribution in [2.24, 2.45) is 10.8 Å². The molecule has 1 rings (SSSR count). The lowest BCUT2D eigenvalue weighted by Crippen LogP contribution is -2.51. The Labute approximate surface area is 273 Å². The molecule has 0 spiro atoms. The van der Waals surface area contributed by atoms with Gasteiger partial charge in [0, 0.05) is 51.0 Å². The third kappa shape index (κ3) is 17.7. The molecule has 2 N–H and O–H groups in total. The second kappa shape index (κ2) is 22.2. The number of carbonyl (C=O) groups excluding carboxylic acids is 4.